The van der Waals surface area contributed by atoms with Gasteiger partial charge in [-0.15, -0.1) is 0 Å². The predicted octanol–water partition coefficient (Wildman–Crippen LogP) is 4.29. The summed E-state index contributed by atoms with van der Waals surface area (Å²) in [7, 11) is 0. The van der Waals surface area contributed by atoms with E-state index in [1.807, 2.05) is 30.3 Å². The lowest BCUT2D eigenvalue weighted by atomic mass is 10.0. The number of amides is 1. The van der Waals surface area contributed by atoms with Gasteiger partial charge in [0.1, 0.15) is 5.82 Å². The highest BCUT2D eigenvalue weighted by Crippen LogP contribution is 2.50. The van der Waals surface area contributed by atoms with Gasteiger partial charge in [0.2, 0.25) is 5.91 Å². The largest absolute Gasteiger partial charge is 0.335 e. The molecule has 2 aromatic carbocycles. The van der Waals surface area contributed by atoms with Gasteiger partial charge in [0.05, 0.1) is 6.04 Å². The number of rotatable bonds is 3. The van der Waals surface area contributed by atoms with Crippen molar-refractivity contribution in [3.05, 3.63) is 71.5 Å². The second-order valence-corrected chi connectivity index (χ2v) is 6.60. The van der Waals surface area contributed by atoms with Crippen molar-refractivity contribution in [1.29, 1.82) is 0 Å². The van der Waals surface area contributed by atoms with Crippen molar-refractivity contribution in [3.63, 3.8) is 0 Å². The Bertz CT molecular complexity index is 697. The molecule has 4 rings (SSSR count). The molecular formula is C20H20FNO. The quantitative estimate of drug-likeness (QED) is 0.828. The molecule has 1 aliphatic carbocycles. The third-order valence-electron chi connectivity index (χ3n) is 5.13. The Kier molecular flexibility index (Phi) is 3.64. The molecule has 1 saturated heterocycles. The Labute approximate surface area is 135 Å². The van der Waals surface area contributed by atoms with Crippen molar-refractivity contribution in [2.45, 2.75) is 31.2 Å². The van der Waals surface area contributed by atoms with E-state index in [4.69, 9.17) is 0 Å². The van der Waals surface area contributed by atoms with Crippen molar-refractivity contribution >= 4 is 5.91 Å². The van der Waals surface area contributed by atoms with E-state index in [0.29, 0.717) is 0 Å². The van der Waals surface area contributed by atoms with Crippen LogP contribution in [-0.4, -0.2) is 17.4 Å². The van der Waals surface area contributed by atoms with Gasteiger partial charge >= 0.3 is 0 Å². The molecule has 0 N–H and O–H groups in total. The van der Waals surface area contributed by atoms with Crippen LogP contribution in [0, 0.1) is 11.7 Å². The standard InChI is InChI=1S/C20H20FNO/c21-16-10-8-14(9-11-16)17-13-18(17)20(23)22-12-4-7-19(22)15-5-2-1-3-6-15/h1-3,5-6,8-11,17-19H,4,7,12-13H2/t17-,18-,19-/m1/s1. The Hall–Kier alpha value is -2.16. The first kappa shape index (κ1) is 14.4. The molecule has 23 heavy (non-hydrogen) atoms. The van der Waals surface area contributed by atoms with Crippen molar-refractivity contribution in [2.75, 3.05) is 6.54 Å². The SMILES string of the molecule is O=C([C@@H]1C[C@@H]1c1ccc(F)cc1)N1CCC[C@@H]1c1ccccc1. The number of halogens is 1. The van der Waals surface area contributed by atoms with E-state index in [0.717, 1.165) is 31.4 Å². The maximum absolute atomic E-state index is 13.0. The summed E-state index contributed by atoms with van der Waals surface area (Å²) < 4.78 is 13.0. The van der Waals surface area contributed by atoms with Gasteiger partial charge in [-0.2, -0.15) is 0 Å². The van der Waals surface area contributed by atoms with E-state index in [9.17, 15) is 9.18 Å². The minimum Gasteiger partial charge on any atom is -0.335 e. The highest BCUT2D eigenvalue weighted by atomic mass is 19.1. The highest BCUT2D eigenvalue weighted by Gasteiger charge is 2.47. The van der Waals surface area contributed by atoms with Crippen LogP contribution in [0.1, 0.15) is 42.3 Å². The molecule has 3 heteroatoms. The number of hydrogen-bond acceptors (Lipinski definition) is 1. The van der Waals surface area contributed by atoms with Crippen LogP contribution in [0.25, 0.3) is 0 Å². The number of benzene rings is 2. The molecule has 0 bridgehead atoms. The van der Waals surface area contributed by atoms with E-state index in [1.165, 1.54) is 17.7 Å². The molecule has 2 nitrogen and oxygen atoms in total. The maximum Gasteiger partial charge on any atom is 0.226 e. The third kappa shape index (κ3) is 2.76. The van der Waals surface area contributed by atoms with Crippen LogP contribution in [0.5, 0.6) is 0 Å². The van der Waals surface area contributed by atoms with E-state index in [-0.39, 0.29) is 29.6 Å². The molecule has 1 heterocycles. The second-order valence-electron chi connectivity index (χ2n) is 6.60. The first-order chi connectivity index (χ1) is 11.2. The summed E-state index contributed by atoms with van der Waals surface area (Å²) in [4.78, 5) is 15.0. The number of likely N-dealkylation sites (tertiary alicyclic amines) is 1. The average Bonchev–Trinajstić information content (AvgIpc) is 3.23. The molecule has 2 fully saturated rings. The van der Waals surface area contributed by atoms with Crippen molar-refractivity contribution < 1.29 is 9.18 Å². The Morgan fingerprint density at radius 3 is 2.48 bits per heavy atom. The van der Waals surface area contributed by atoms with Gasteiger partial charge in [-0.3, -0.25) is 4.79 Å². The van der Waals surface area contributed by atoms with Crippen LogP contribution in [0.3, 0.4) is 0 Å². The topological polar surface area (TPSA) is 20.3 Å². The van der Waals surface area contributed by atoms with E-state index >= 15 is 0 Å². The van der Waals surface area contributed by atoms with Crippen LogP contribution in [0.2, 0.25) is 0 Å². The summed E-state index contributed by atoms with van der Waals surface area (Å²) in [6.07, 6.45) is 3.01. The van der Waals surface area contributed by atoms with Crippen LogP contribution in [-0.2, 0) is 4.79 Å². The number of carbonyl (C=O) groups is 1. The fourth-order valence-corrected chi connectivity index (χ4v) is 3.81. The van der Waals surface area contributed by atoms with Crippen LogP contribution >= 0.6 is 0 Å². The molecule has 2 aliphatic rings. The summed E-state index contributed by atoms with van der Waals surface area (Å²) in [5.74, 6) is 0.386. The molecule has 2 aromatic rings. The smallest absolute Gasteiger partial charge is 0.226 e. The molecule has 0 radical (unpaired) electrons. The molecule has 118 valence electrons. The monoisotopic (exact) mass is 309 g/mol. The molecule has 3 atom stereocenters. The van der Waals surface area contributed by atoms with E-state index in [1.54, 1.807) is 0 Å². The number of nitrogens with zero attached hydrogens (tertiary/aromatic N) is 1. The first-order valence-electron chi connectivity index (χ1n) is 8.35. The maximum atomic E-state index is 13.0. The lowest BCUT2D eigenvalue weighted by Gasteiger charge is -2.25. The highest BCUT2D eigenvalue weighted by molar-refractivity contribution is 5.83. The van der Waals surface area contributed by atoms with Crippen molar-refractivity contribution in [1.82, 2.24) is 4.90 Å². The van der Waals surface area contributed by atoms with E-state index < -0.39 is 0 Å². The van der Waals surface area contributed by atoms with Gasteiger partial charge in [0.25, 0.3) is 0 Å². The number of carbonyl (C=O) groups excluding carboxylic acids is 1. The molecule has 1 amide bonds. The zero-order valence-electron chi connectivity index (χ0n) is 13.0. The Morgan fingerprint density at radius 1 is 1.00 bits per heavy atom. The summed E-state index contributed by atoms with van der Waals surface area (Å²) in [5, 5.41) is 0. The predicted molar refractivity (Wildman–Crippen MR) is 87.4 cm³/mol. The fraction of sp³-hybridized carbons (Fsp3) is 0.350. The van der Waals surface area contributed by atoms with Crippen LogP contribution in [0.15, 0.2) is 54.6 Å². The molecule has 0 spiro atoms. The van der Waals surface area contributed by atoms with E-state index in [2.05, 4.69) is 17.0 Å². The molecule has 0 unspecified atom stereocenters. The van der Waals surface area contributed by atoms with Gasteiger partial charge < -0.3 is 4.90 Å². The molecular weight excluding hydrogens is 289 g/mol. The van der Waals surface area contributed by atoms with Gasteiger partial charge in [0.15, 0.2) is 0 Å². The number of hydrogen-bond donors (Lipinski definition) is 0. The Balaban J connectivity index is 1.48. The second kappa shape index (κ2) is 5.80. The minimum absolute atomic E-state index is 0.0739. The summed E-state index contributed by atoms with van der Waals surface area (Å²) in [6.45, 7) is 0.852. The lowest BCUT2D eigenvalue weighted by molar-refractivity contribution is -0.133. The molecule has 1 aliphatic heterocycles. The molecule has 0 aromatic heterocycles. The average molecular weight is 309 g/mol. The first-order valence-corrected chi connectivity index (χ1v) is 8.35. The third-order valence-corrected chi connectivity index (χ3v) is 5.13. The zero-order chi connectivity index (χ0) is 15.8. The molecule has 1 saturated carbocycles. The normalized spacial score (nSPS) is 26.3. The van der Waals surface area contributed by atoms with Gasteiger partial charge in [-0.05, 0) is 48.4 Å². The Morgan fingerprint density at radius 2 is 1.74 bits per heavy atom. The van der Waals surface area contributed by atoms with Crippen LogP contribution in [0.4, 0.5) is 4.39 Å². The zero-order valence-corrected chi connectivity index (χ0v) is 13.0. The summed E-state index contributed by atoms with van der Waals surface area (Å²) >= 11 is 0. The van der Waals surface area contributed by atoms with Crippen molar-refractivity contribution in [3.8, 4) is 0 Å². The van der Waals surface area contributed by atoms with Gasteiger partial charge in [0, 0.05) is 12.5 Å². The van der Waals surface area contributed by atoms with Gasteiger partial charge in [-0.1, -0.05) is 42.5 Å². The van der Waals surface area contributed by atoms with Crippen LogP contribution < -0.4 is 0 Å². The summed E-state index contributed by atoms with van der Waals surface area (Å²) in [5.41, 5.74) is 2.32. The van der Waals surface area contributed by atoms with Crippen molar-refractivity contribution in [2.24, 2.45) is 5.92 Å². The lowest BCUT2D eigenvalue weighted by Crippen LogP contribution is -2.32. The van der Waals surface area contributed by atoms with Gasteiger partial charge in [-0.25, -0.2) is 4.39 Å². The fourth-order valence-electron chi connectivity index (χ4n) is 3.81. The minimum atomic E-state index is -0.221. The summed E-state index contributed by atoms with van der Waals surface area (Å²) in [6, 6.07) is 17.1.